The first-order valence-corrected chi connectivity index (χ1v) is 14.6. The first-order valence-electron chi connectivity index (χ1n) is 12.2. The van der Waals surface area contributed by atoms with Crippen molar-refractivity contribution in [3.63, 3.8) is 0 Å². The lowest BCUT2D eigenvalue weighted by Gasteiger charge is -2.11. The Labute approximate surface area is 220 Å². The van der Waals surface area contributed by atoms with Crippen molar-refractivity contribution in [1.82, 2.24) is 14.3 Å². The number of sulfonamides is 1. The topological polar surface area (TPSA) is 81.1 Å². The van der Waals surface area contributed by atoms with Gasteiger partial charge in [-0.15, -0.1) is 11.3 Å². The number of benzene rings is 3. The second-order valence-corrected chi connectivity index (χ2v) is 11.6. The monoisotopic (exact) mass is 529 g/mol. The number of carbonyl (C=O) groups excluding carboxylic acids is 1. The zero-order valence-electron chi connectivity index (χ0n) is 20.4. The average molecular weight is 530 g/mol. The highest BCUT2D eigenvalue weighted by atomic mass is 32.2. The van der Waals surface area contributed by atoms with Crippen LogP contribution in [-0.2, 0) is 23.0 Å². The molecule has 6 nitrogen and oxygen atoms in total. The number of fused-ring (bicyclic) bond motifs is 1. The molecule has 0 saturated heterocycles. The summed E-state index contributed by atoms with van der Waals surface area (Å²) in [6.07, 6.45) is 3.11. The zero-order chi connectivity index (χ0) is 25.8. The molecule has 0 atom stereocenters. The van der Waals surface area contributed by atoms with E-state index in [0.29, 0.717) is 17.7 Å². The summed E-state index contributed by atoms with van der Waals surface area (Å²) < 4.78 is 30.7. The van der Waals surface area contributed by atoms with E-state index in [4.69, 9.17) is 4.98 Å². The Morgan fingerprint density at radius 3 is 2.43 bits per heavy atom. The van der Waals surface area contributed by atoms with Crippen molar-refractivity contribution in [3.05, 3.63) is 107 Å². The van der Waals surface area contributed by atoms with Gasteiger partial charge in [0.2, 0.25) is 0 Å². The second-order valence-electron chi connectivity index (χ2n) is 8.83. The quantitative estimate of drug-likeness (QED) is 0.244. The third-order valence-corrected chi connectivity index (χ3v) is 9.05. The number of amides is 1. The Bertz CT molecular complexity index is 1640. The molecule has 0 radical (unpaired) electrons. The molecule has 5 aromatic rings. The number of para-hydroxylation sites is 2. The average Bonchev–Trinajstić information content (AvgIpc) is 3.54. The van der Waals surface area contributed by atoms with Crippen LogP contribution in [0.25, 0.3) is 22.2 Å². The summed E-state index contributed by atoms with van der Waals surface area (Å²) in [6, 6.07) is 26.2. The van der Waals surface area contributed by atoms with E-state index in [9.17, 15) is 13.2 Å². The maximum atomic E-state index is 13.1. The number of thiophene rings is 1. The summed E-state index contributed by atoms with van der Waals surface area (Å²) in [6.45, 7) is 2.86. The third kappa shape index (κ3) is 5.35. The maximum Gasteiger partial charge on any atom is 0.274 e. The van der Waals surface area contributed by atoms with Crippen molar-refractivity contribution in [2.24, 2.45) is 0 Å². The summed E-state index contributed by atoms with van der Waals surface area (Å²) >= 11 is 1.09. The van der Waals surface area contributed by atoms with Crippen LogP contribution in [0.3, 0.4) is 0 Å². The summed E-state index contributed by atoms with van der Waals surface area (Å²) in [5, 5.41) is 1.72. The van der Waals surface area contributed by atoms with E-state index in [1.54, 1.807) is 41.8 Å². The smallest absolute Gasteiger partial charge is 0.274 e. The molecule has 1 amide bonds. The SMILES string of the molecule is CCCCc1nc2ccccc2n1Cc1ccc(-c2ccsc2S(=O)(=O)NC(=O)c2ccccc2)cc1. The van der Waals surface area contributed by atoms with E-state index in [1.165, 1.54) is 0 Å². The van der Waals surface area contributed by atoms with Gasteiger partial charge in [-0.2, -0.15) is 0 Å². The fourth-order valence-electron chi connectivity index (χ4n) is 4.33. The Balaban J connectivity index is 1.39. The number of nitrogens with one attached hydrogen (secondary N) is 1. The molecule has 1 N–H and O–H groups in total. The van der Waals surface area contributed by atoms with Crippen LogP contribution in [0.1, 0.15) is 41.5 Å². The molecule has 0 spiro atoms. The van der Waals surface area contributed by atoms with Gasteiger partial charge < -0.3 is 4.57 Å². The molecule has 0 aliphatic rings. The summed E-state index contributed by atoms with van der Waals surface area (Å²) in [5.74, 6) is 0.425. The maximum absolute atomic E-state index is 13.1. The van der Waals surface area contributed by atoms with Crippen LogP contribution in [0.2, 0.25) is 0 Å². The summed E-state index contributed by atoms with van der Waals surface area (Å²) in [4.78, 5) is 17.3. The van der Waals surface area contributed by atoms with Gasteiger partial charge in [-0.05, 0) is 53.3 Å². The van der Waals surface area contributed by atoms with Crippen LogP contribution in [0.4, 0.5) is 0 Å². The van der Waals surface area contributed by atoms with E-state index in [-0.39, 0.29) is 4.21 Å². The number of rotatable bonds is 9. The van der Waals surface area contributed by atoms with Crippen LogP contribution in [0, 0.1) is 0 Å². The lowest BCUT2D eigenvalue weighted by molar-refractivity contribution is 0.0981. The van der Waals surface area contributed by atoms with Crippen LogP contribution in [-0.4, -0.2) is 23.9 Å². The number of hydrogen-bond donors (Lipinski definition) is 1. The number of aromatic nitrogens is 2. The van der Waals surface area contributed by atoms with Crippen molar-refractivity contribution in [3.8, 4) is 11.1 Å². The highest BCUT2D eigenvalue weighted by molar-refractivity contribution is 7.92. The van der Waals surface area contributed by atoms with Crippen LogP contribution < -0.4 is 4.72 Å². The molecule has 0 aliphatic heterocycles. The van der Waals surface area contributed by atoms with Gasteiger partial charge in [0.15, 0.2) is 0 Å². The molecule has 0 aliphatic carbocycles. The highest BCUT2D eigenvalue weighted by Gasteiger charge is 2.24. The Kier molecular flexibility index (Phi) is 7.21. The fraction of sp³-hybridized carbons (Fsp3) is 0.172. The summed E-state index contributed by atoms with van der Waals surface area (Å²) in [5.41, 5.74) is 4.84. The predicted octanol–water partition coefficient (Wildman–Crippen LogP) is 6.27. The molecule has 0 saturated carbocycles. The fourth-order valence-corrected chi connectivity index (χ4v) is 6.70. The van der Waals surface area contributed by atoms with Crippen LogP contribution in [0.5, 0.6) is 0 Å². The number of hydrogen-bond acceptors (Lipinski definition) is 5. The molecule has 2 aromatic heterocycles. The van der Waals surface area contributed by atoms with Gasteiger partial charge in [0.05, 0.1) is 11.0 Å². The molecule has 188 valence electrons. The van der Waals surface area contributed by atoms with Crippen molar-refractivity contribution < 1.29 is 13.2 Å². The van der Waals surface area contributed by atoms with Gasteiger partial charge in [-0.25, -0.2) is 18.1 Å². The molecule has 37 heavy (non-hydrogen) atoms. The number of carbonyl (C=O) groups is 1. The lowest BCUT2D eigenvalue weighted by atomic mass is 10.1. The minimum atomic E-state index is -4.03. The molecular formula is C29H27N3O3S2. The number of aryl methyl sites for hydroxylation is 1. The van der Waals surface area contributed by atoms with Gasteiger partial charge in [0.25, 0.3) is 15.9 Å². The minimum absolute atomic E-state index is 0.118. The number of nitrogens with zero attached hydrogens (tertiary/aromatic N) is 2. The largest absolute Gasteiger partial charge is 0.323 e. The predicted molar refractivity (Wildman–Crippen MR) is 148 cm³/mol. The summed E-state index contributed by atoms with van der Waals surface area (Å²) in [7, 11) is -4.03. The van der Waals surface area contributed by atoms with Crippen molar-refractivity contribution in [2.45, 2.75) is 36.9 Å². The highest BCUT2D eigenvalue weighted by Crippen LogP contribution is 2.32. The lowest BCUT2D eigenvalue weighted by Crippen LogP contribution is -2.30. The molecule has 2 heterocycles. The molecular weight excluding hydrogens is 502 g/mol. The second kappa shape index (κ2) is 10.7. The van der Waals surface area contributed by atoms with E-state index in [0.717, 1.165) is 58.6 Å². The van der Waals surface area contributed by atoms with Crippen molar-refractivity contribution >= 4 is 38.3 Å². The minimum Gasteiger partial charge on any atom is -0.323 e. The standard InChI is InChI=1S/C29H27N3O3S2/c1-2-3-13-27-30-25-11-7-8-12-26(25)32(27)20-21-14-16-22(17-15-21)24-18-19-36-29(24)37(34,35)31-28(33)23-9-5-4-6-10-23/h4-12,14-19H,2-3,13,20H2,1H3,(H,31,33). The Morgan fingerprint density at radius 1 is 0.946 bits per heavy atom. The molecule has 3 aromatic carbocycles. The van der Waals surface area contributed by atoms with E-state index >= 15 is 0 Å². The van der Waals surface area contributed by atoms with E-state index in [1.807, 2.05) is 42.5 Å². The number of unbranched alkanes of at least 4 members (excludes halogenated alkanes) is 1. The van der Waals surface area contributed by atoms with Gasteiger partial charge in [-0.1, -0.05) is 67.9 Å². The normalized spacial score (nSPS) is 11.6. The van der Waals surface area contributed by atoms with Gasteiger partial charge in [0, 0.05) is 24.1 Å². The molecule has 5 rings (SSSR count). The van der Waals surface area contributed by atoms with E-state index < -0.39 is 15.9 Å². The molecule has 0 unspecified atom stereocenters. The van der Waals surface area contributed by atoms with Crippen molar-refractivity contribution in [1.29, 1.82) is 0 Å². The zero-order valence-corrected chi connectivity index (χ0v) is 22.1. The molecule has 0 fully saturated rings. The van der Waals surface area contributed by atoms with Crippen LogP contribution >= 0.6 is 11.3 Å². The first kappa shape index (κ1) is 24.9. The first-order chi connectivity index (χ1) is 18.0. The van der Waals surface area contributed by atoms with Gasteiger partial charge >= 0.3 is 0 Å². The van der Waals surface area contributed by atoms with E-state index in [2.05, 4.69) is 22.3 Å². The third-order valence-electron chi connectivity index (χ3n) is 6.23. The number of imidazole rings is 1. The Morgan fingerprint density at radius 2 is 1.68 bits per heavy atom. The molecule has 8 heteroatoms. The van der Waals surface area contributed by atoms with Gasteiger partial charge in [0.1, 0.15) is 10.0 Å². The van der Waals surface area contributed by atoms with Crippen molar-refractivity contribution in [2.75, 3.05) is 0 Å². The van der Waals surface area contributed by atoms with Gasteiger partial charge in [-0.3, -0.25) is 4.79 Å². The van der Waals surface area contributed by atoms with Crippen LogP contribution in [0.15, 0.2) is 94.5 Å². The molecule has 0 bridgehead atoms. The Hall–Kier alpha value is -3.75.